The van der Waals surface area contributed by atoms with Gasteiger partial charge in [0, 0.05) is 19.3 Å². The predicted molar refractivity (Wildman–Crippen MR) is 427 cm³/mol. The van der Waals surface area contributed by atoms with Crippen LogP contribution in [0.4, 0.5) is 0 Å². The van der Waals surface area contributed by atoms with Crippen LogP contribution in [0, 0.1) is 0 Å². The molecule has 0 radical (unpaired) electrons. The zero-order valence-electron chi connectivity index (χ0n) is 64.9. The topological polar surface area (TPSA) is 237 Å². The summed E-state index contributed by atoms with van der Waals surface area (Å²) in [5, 5.41) is 10.6. The van der Waals surface area contributed by atoms with Gasteiger partial charge in [0.15, 0.2) is 12.2 Å². The van der Waals surface area contributed by atoms with Gasteiger partial charge in [0.2, 0.25) is 0 Å². The Kier molecular flexibility index (Phi) is 72.4. The normalized spacial score (nSPS) is 14.6. The molecule has 17 nitrogen and oxygen atoms in total. The van der Waals surface area contributed by atoms with Crippen molar-refractivity contribution in [2.75, 3.05) is 39.6 Å². The first kappa shape index (κ1) is 98.9. The molecule has 0 aromatic carbocycles. The Morgan fingerprint density at radius 1 is 0.288 bits per heavy atom. The second kappa shape index (κ2) is 76.1. The highest BCUT2D eigenvalue weighted by atomic mass is 31.2. The third-order valence-electron chi connectivity index (χ3n) is 16.3. The number of esters is 4. The number of rotatable bonds is 74. The molecule has 0 fully saturated rings. The van der Waals surface area contributed by atoms with E-state index in [-0.39, 0.29) is 25.7 Å². The molecule has 0 bridgehead atoms. The summed E-state index contributed by atoms with van der Waals surface area (Å²) in [4.78, 5) is 73.0. The van der Waals surface area contributed by atoms with Crippen molar-refractivity contribution in [2.24, 2.45) is 0 Å². The van der Waals surface area contributed by atoms with Gasteiger partial charge in [-0.3, -0.25) is 37.3 Å². The van der Waals surface area contributed by atoms with Crippen LogP contribution in [-0.2, 0) is 65.4 Å². The highest BCUT2D eigenvalue weighted by molar-refractivity contribution is 7.47. The van der Waals surface area contributed by atoms with Gasteiger partial charge < -0.3 is 33.8 Å². The molecular weight excluding hydrogens is 1350 g/mol. The average Bonchev–Trinajstić information content (AvgIpc) is 0.912. The molecule has 0 aliphatic rings. The highest BCUT2D eigenvalue weighted by Gasteiger charge is 2.30. The molecule has 0 aromatic rings. The zero-order chi connectivity index (χ0) is 76.0. The summed E-state index contributed by atoms with van der Waals surface area (Å²) in [7, 11) is -10.00. The lowest BCUT2D eigenvalue weighted by atomic mass is 10.0. The van der Waals surface area contributed by atoms with Gasteiger partial charge >= 0.3 is 39.5 Å². The van der Waals surface area contributed by atoms with E-state index in [0.29, 0.717) is 25.7 Å². The maximum atomic E-state index is 13.1. The standard InChI is InChI=1S/C85H142O17P2/c1-5-9-13-17-21-25-29-33-37-38-39-40-44-46-50-54-58-62-66-70-83(88)96-76-81(102-85(90)72-68-64-60-56-52-48-43-36-32-28-24-20-16-12-8-4)78-100-104(93,94)98-74-79(86)73-97-103(91,92)99-77-80(101-84(89)71-67-63-59-55-51-47-42-35-31-27-23-19-15-11-7-3)75-95-82(87)69-65-61-57-53-49-45-41-34-30-26-22-18-14-10-6-2/h9-10,12-14,16,21-22,24-26,28,33-34,36-37,39-41,43,49,53,61,65,79-81,86H,5-8,11,15,17-20,23,27,29-32,35,38,42,44-48,50-52,54-60,62-64,66-78H2,1-4H3,(H,91,92)(H,93,94)/b13-9-,14-10-,16-12-,25-21-,26-22-,28-24-,37-33-,40-39-,41-34-,43-36-,53-49-,65-61-. The summed E-state index contributed by atoms with van der Waals surface area (Å²) in [5.41, 5.74) is 0. The number of aliphatic hydroxyl groups is 1. The van der Waals surface area contributed by atoms with E-state index in [1.165, 1.54) is 64.2 Å². The molecule has 0 aliphatic carbocycles. The number of aliphatic hydroxyl groups excluding tert-OH is 1. The van der Waals surface area contributed by atoms with Crippen LogP contribution in [0.2, 0.25) is 0 Å². The number of phosphoric ester groups is 2. The first-order chi connectivity index (χ1) is 50.7. The smallest absolute Gasteiger partial charge is 0.462 e. The summed E-state index contributed by atoms with van der Waals surface area (Å²) in [5.74, 6) is -2.35. The van der Waals surface area contributed by atoms with Crippen LogP contribution in [0.3, 0.4) is 0 Å². The second-order valence-electron chi connectivity index (χ2n) is 26.2. The number of hydrogen-bond donors (Lipinski definition) is 3. The van der Waals surface area contributed by atoms with E-state index >= 15 is 0 Å². The van der Waals surface area contributed by atoms with E-state index in [4.69, 9.17) is 37.0 Å². The molecule has 3 N–H and O–H groups in total. The second-order valence-corrected chi connectivity index (χ2v) is 29.1. The molecule has 0 heterocycles. The summed E-state index contributed by atoms with van der Waals surface area (Å²) in [6, 6.07) is 0. The molecule has 19 heteroatoms. The minimum absolute atomic E-state index is 0.0662. The van der Waals surface area contributed by atoms with Crippen LogP contribution in [0.5, 0.6) is 0 Å². The van der Waals surface area contributed by atoms with Gasteiger partial charge in [0.25, 0.3) is 0 Å². The van der Waals surface area contributed by atoms with Crippen molar-refractivity contribution in [1.29, 1.82) is 0 Å². The molecule has 5 unspecified atom stereocenters. The fraction of sp³-hybridized carbons (Fsp3) is 0.671. The van der Waals surface area contributed by atoms with Crippen molar-refractivity contribution >= 4 is 39.5 Å². The Hall–Kier alpha value is -5.06. The number of phosphoric acid groups is 2. The average molecular weight is 1500 g/mol. The van der Waals surface area contributed by atoms with Gasteiger partial charge in [-0.2, -0.15) is 0 Å². The van der Waals surface area contributed by atoms with E-state index in [2.05, 4.69) is 149 Å². The molecule has 0 saturated carbocycles. The monoisotopic (exact) mass is 1500 g/mol. The molecule has 5 atom stereocenters. The third-order valence-corrected chi connectivity index (χ3v) is 18.2. The van der Waals surface area contributed by atoms with Crippen molar-refractivity contribution in [2.45, 2.75) is 329 Å². The van der Waals surface area contributed by atoms with Crippen LogP contribution in [0.15, 0.2) is 146 Å². The number of hydrogen-bond acceptors (Lipinski definition) is 15. The van der Waals surface area contributed by atoms with Crippen LogP contribution in [0.1, 0.15) is 310 Å². The lowest BCUT2D eigenvalue weighted by Crippen LogP contribution is -2.30. The van der Waals surface area contributed by atoms with E-state index in [1.807, 2.05) is 18.2 Å². The molecule has 0 saturated heterocycles. The molecule has 0 spiro atoms. The molecule has 104 heavy (non-hydrogen) atoms. The predicted octanol–water partition coefficient (Wildman–Crippen LogP) is 23.4. The third kappa shape index (κ3) is 75.2. The van der Waals surface area contributed by atoms with Crippen molar-refractivity contribution < 1.29 is 80.2 Å². The van der Waals surface area contributed by atoms with Crippen LogP contribution >= 0.6 is 15.6 Å². The highest BCUT2D eigenvalue weighted by Crippen LogP contribution is 2.45. The quantitative estimate of drug-likeness (QED) is 0.0169. The van der Waals surface area contributed by atoms with Crippen molar-refractivity contribution in [3.63, 3.8) is 0 Å². The van der Waals surface area contributed by atoms with Gasteiger partial charge in [0.1, 0.15) is 19.3 Å². The number of carbonyl (C=O) groups is 4. The molecule has 0 amide bonds. The Morgan fingerprint density at radius 3 is 0.856 bits per heavy atom. The van der Waals surface area contributed by atoms with E-state index in [9.17, 15) is 43.2 Å². The first-order valence-electron chi connectivity index (χ1n) is 40.1. The summed E-state index contributed by atoms with van der Waals surface area (Å²) < 4.78 is 68.5. The Morgan fingerprint density at radius 2 is 0.538 bits per heavy atom. The van der Waals surface area contributed by atoms with Gasteiger partial charge in [-0.1, -0.05) is 308 Å². The van der Waals surface area contributed by atoms with E-state index < -0.39 is 97.5 Å². The van der Waals surface area contributed by atoms with Crippen LogP contribution in [0.25, 0.3) is 0 Å². The maximum Gasteiger partial charge on any atom is 0.472 e. The maximum absolute atomic E-state index is 13.1. The van der Waals surface area contributed by atoms with Crippen LogP contribution in [-0.4, -0.2) is 96.7 Å². The number of unbranched alkanes of at least 4 members (excludes halogenated alkanes) is 25. The van der Waals surface area contributed by atoms with Crippen molar-refractivity contribution in [3.8, 4) is 0 Å². The number of ether oxygens (including phenoxy) is 4. The summed E-state index contributed by atoms with van der Waals surface area (Å²) >= 11 is 0. The molecular formula is C85H142O17P2. The Bertz CT molecular complexity index is 2540. The van der Waals surface area contributed by atoms with Crippen molar-refractivity contribution in [1.82, 2.24) is 0 Å². The fourth-order valence-corrected chi connectivity index (χ4v) is 11.9. The number of allylic oxidation sites excluding steroid dienone is 23. The lowest BCUT2D eigenvalue weighted by Gasteiger charge is -2.21. The number of carbonyl (C=O) groups excluding carboxylic acids is 4. The van der Waals surface area contributed by atoms with Gasteiger partial charge in [-0.15, -0.1) is 0 Å². The first-order valence-corrected chi connectivity index (χ1v) is 43.1. The Labute approximate surface area is 630 Å². The molecule has 0 aliphatic heterocycles. The van der Waals surface area contributed by atoms with Crippen molar-refractivity contribution in [3.05, 3.63) is 146 Å². The SMILES string of the molecule is CC/C=C\C/C=C\C/C=C\C/C=C\C/C=C\CC(=O)OCC(COP(=O)(O)OCC(O)COP(=O)(O)OCC(COC(=O)CCCCCCCC/C=C\C/C=C\C/C=C\C/C=C\CC)OC(=O)CCCCCCC/C=C\C/C=C\C/C=C\CC)OC(=O)CCCCCCCCCCCCCCCCC. The van der Waals surface area contributed by atoms with Gasteiger partial charge in [0.05, 0.1) is 32.8 Å². The minimum Gasteiger partial charge on any atom is -0.462 e. The zero-order valence-corrected chi connectivity index (χ0v) is 66.7. The molecule has 594 valence electrons. The summed E-state index contributed by atoms with van der Waals surface area (Å²) in [6.07, 6.45) is 87.1. The van der Waals surface area contributed by atoms with Crippen LogP contribution < -0.4 is 0 Å². The van der Waals surface area contributed by atoms with Gasteiger partial charge in [-0.25, -0.2) is 9.13 Å². The largest absolute Gasteiger partial charge is 0.472 e. The fourth-order valence-electron chi connectivity index (χ4n) is 10.4. The molecule has 0 rings (SSSR count). The summed E-state index contributed by atoms with van der Waals surface area (Å²) in [6.45, 7) is 4.40. The lowest BCUT2D eigenvalue weighted by molar-refractivity contribution is -0.161. The minimum atomic E-state index is -5.00. The van der Waals surface area contributed by atoms with Gasteiger partial charge in [-0.05, 0) is 122 Å². The molecule has 0 aromatic heterocycles. The Balaban J connectivity index is 5.44. The van der Waals surface area contributed by atoms with E-state index in [1.54, 1.807) is 6.08 Å². The van der Waals surface area contributed by atoms with E-state index in [0.717, 1.165) is 167 Å².